The summed E-state index contributed by atoms with van der Waals surface area (Å²) < 4.78 is 0. The third kappa shape index (κ3) is 9.40. The number of carbonyl (C=O) groups is 2. The van der Waals surface area contributed by atoms with Gasteiger partial charge >= 0.3 is 0 Å². The van der Waals surface area contributed by atoms with Gasteiger partial charge in [-0.05, 0) is 13.8 Å². The van der Waals surface area contributed by atoms with Gasteiger partial charge < -0.3 is 5.11 Å². The Bertz CT molecular complexity index is 180. The van der Waals surface area contributed by atoms with Crippen molar-refractivity contribution in [2.24, 2.45) is 0 Å². The number of carbonyl (C=O) groups excluding carboxylic acids is 2. The Morgan fingerprint density at radius 2 is 1.82 bits per heavy atom. The predicted octanol–water partition coefficient (Wildman–Crippen LogP) is 0.994. The molecule has 0 spiro atoms. The maximum absolute atomic E-state index is 10.6. The number of rotatable bonds is 3. The summed E-state index contributed by atoms with van der Waals surface area (Å²) in [6.07, 6.45) is 0.916. The Hall–Kier alpha value is -0.601. The van der Waals surface area contributed by atoms with Gasteiger partial charge in [0.2, 0.25) is 0 Å². The fraction of sp³-hybridized carbons (Fsp3) is 0.429. The Labute approximate surface area is 76.0 Å². The fourth-order valence-electron chi connectivity index (χ4n) is 0.529. The van der Waals surface area contributed by atoms with Crippen LogP contribution in [-0.2, 0) is 26.7 Å². The molecule has 0 aliphatic rings. The zero-order valence-corrected chi connectivity index (χ0v) is 7.29. The predicted molar refractivity (Wildman–Crippen MR) is 36.7 cm³/mol. The third-order valence-electron chi connectivity index (χ3n) is 0.793. The van der Waals surface area contributed by atoms with Crippen molar-refractivity contribution in [3.05, 3.63) is 11.8 Å². The summed E-state index contributed by atoms with van der Waals surface area (Å²) in [6, 6.07) is 0. The van der Waals surface area contributed by atoms with E-state index >= 15 is 0 Å². The van der Waals surface area contributed by atoms with Gasteiger partial charge in [-0.1, -0.05) is 0 Å². The standard InChI is InChI=1S/C7H10O3.Cu/c1-5(8)3-7(10)4-6(2)9;/h3,8H,4H2,1-2H3;/b5-3-;. The molecule has 0 aromatic rings. The zero-order valence-electron chi connectivity index (χ0n) is 6.35. The van der Waals surface area contributed by atoms with E-state index in [2.05, 4.69) is 0 Å². The summed E-state index contributed by atoms with van der Waals surface area (Å²) in [5.74, 6) is -0.610. The molecule has 0 aliphatic carbocycles. The minimum atomic E-state index is -0.354. The molecule has 0 saturated carbocycles. The van der Waals surface area contributed by atoms with Gasteiger partial charge in [0.05, 0.1) is 12.2 Å². The summed E-state index contributed by atoms with van der Waals surface area (Å²) in [6.45, 7) is 2.72. The summed E-state index contributed by atoms with van der Waals surface area (Å²) in [4.78, 5) is 20.9. The molecule has 4 heteroatoms. The second-order valence-electron chi connectivity index (χ2n) is 2.13. The minimum Gasteiger partial charge on any atom is -0.512 e. The van der Waals surface area contributed by atoms with Gasteiger partial charge in [0.1, 0.15) is 5.78 Å². The smallest absolute Gasteiger partial charge is 0.166 e. The molecule has 0 unspecified atom stereocenters. The van der Waals surface area contributed by atoms with Crippen LogP contribution in [0.3, 0.4) is 0 Å². The summed E-state index contributed by atoms with van der Waals surface area (Å²) >= 11 is 0. The van der Waals surface area contributed by atoms with E-state index < -0.39 is 0 Å². The van der Waals surface area contributed by atoms with Crippen LogP contribution in [0.4, 0.5) is 0 Å². The first-order valence-electron chi connectivity index (χ1n) is 2.92. The van der Waals surface area contributed by atoms with Crippen LogP contribution in [0.1, 0.15) is 20.3 Å². The molecule has 67 valence electrons. The normalized spacial score (nSPS) is 10.2. The molecule has 0 fully saturated rings. The average molecular weight is 206 g/mol. The van der Waals surface area contributed by atoms with E-state index in [1.165, 1.54) is 13.8 Å². The van der Waals surface area contributed by atoms with E-state index in [9.17, 15) is 9.59 Å². The van der Waals surface area contributed by atoms with Gasteiger partial charge in [-0.3, -0.25) is 9.59 Å². The maximum Gasteiger partial charge on any atom is 0.166 e. The molecular weight excluding hydrogens is 196 g/mol. The van der Waals surface area contributed by atoms with Crippen LogP contribution >= 0.6 is 0 Å². The van der Waals surface area contributed by atoms with Gasteiger partial charge in [0, 0.05) is 23.1 Å². The van der Waals surface area contributed by atoms with Crippen LogP contribution in [0.5, 0.6) is 0 Å². The molecule has 1 radical (unpaired) electrons. The van der Waals surface area contributed by atoms with Crippen molar-refractivity contribution in [3.63, 3.8) is 0 Å². The zero-order chi connectivity index (χ0) is 8.15. The Morgan fingerprint density at radius 1 is 1.36 bits per heavy atom. The Morgan fingerprint density at radius 3 is 2.09 bits per heavy atom. The van der Waals surface area contributed by atoms with Gasteiger partial charge in [0.15, 0.2) is 5.78 Å². The Balaban J connectivity index is 0. The van der Waals surface area contributed by atoms with Gasteiger partial charge in [-0.2, -0.15) is 0 Å². The van der Waals surface area contributed by atoms with Crippen molar-refractivity contribution in [1.82, 2.24) is 0 Å². The molecule has 3 nitrogen and oxygen atoms in total. The van der Waals surface area contributed by atoms with Crippen molar-refractivity contribution in [2.45, 2.75) is 20.3 Å². The molecule has 0 aromatic heterocycles. The first-order valence-corrected chi connectivity index (χ1v) is 2.92. The van der Waals surface area contributed by atoms with Crippen LogP contribution in [0.25, 0.3) is 0 Å². The van der Waals surface area contributed by atoms with Gasteiger partial charge in [0.25, 0.3) is 0 Å². The number of ketones is 2. The summed E-state index contributed by atoms with van der Waals surface area (Å²) in [5, 5.41) is 8.56. The first-order chi connectivity index (χ1) is 4.52. The molecule has 0 aromatic carbocycles. The average Bonchev–Trinajstić information content (AvgIpc) is 1.58. The number of hydrogen-bond donors (Lipinski definition) is 1. The molecule has 0 saturated heterocycles. The van der Waals surface area contributed by atoms with Gasteiger partial charge in [-0.15, -0.1) is 0 Å². The van der Waals surface area contributed by atoms with Crippen LogP contribution in [0.15, 0.2) is 11.8 Å². The largest absolute Gasteiger partial charge is 0.512 e. The summed E-state index contributed by atoms with van der Waals surface area (Å²) in [7, 11) is 0. The van der Waals surface area contributed by atoms with E-state index in [4.69, 9.17) is 5.11 Å². The Kier molecular flexibility index (Phi) is 7.26. The van der Waals surface area contributed by atoms with E-state index in [0.717, 1.165) is 6.08 Å². The van der Waals surface area contributed by atoms with E-state index in [1.54, 1.807) is 0 Å². The molecule has 1 N–H and O–H groups in total. The molecule has 0 amide bonds. The van der Waals surface area contributed by atoms with E-state index in [0.29, 0.717) is 0 Å². The second-order valence-corrected chi connectivity index (χ2v) is 2.13. The van der Waals surface area contributed by atoms with Gasteiger partial charge in [-0.25, -0.2) is 0 Å². The molecule has 0 aliphatic heterocycles. The quantitative estimate of drug-likeness (QED) is 0.324. The monoisotopic (exact) mass is 205 g/mol. The van der Waals surface area contributed by atoms with Crippen LogP contribution in [-0.4, -0.2) is 16.7 Å². The van der Waals surface area contributed by atoms with E-state index in [1.807, 2.05) is 0 Å². The van der Waals surface area contributed by atoms with Crippen molar-refractivity contribution < 1.29 is 31.8 Å². The number of hydrogen-bond acceptors (Lipinski definition) is 3. The van der Waals surface area contributed by atoms with E-state index in [-0.39, 0.29) is 40.8 Å². The number of aliphatic hydroxyl groups excluding tert-OH is 1. The second kappa shape index (κ2) is 6.13. The SMILES string of the molecule is CC(=O)CC(=O)/C=C(/C)O.[Cu]. The minimum absolute atomic E-state index is 0. The van der Waals surface area contributed by atoms with Crippen LogP contribution in [0, 0.1) is 0 Å². The first kappa shape index (κ1) is 13.0. The molecule has 0 bridgehead atoms. The number of aliphatic hydroxyl groups is 1. The topological polar surface area (TPSA) is 54.4 Å². The van der Waals surface area contributed by atoms with Crippen LogP contribution in [0.2, 0.25) is 0 Å². The number of Topliss-reactive ketones (excluding diaryl/α,β-unsaturated/α-hetero) is 1. The van der Waals surface area contributed by atoms with Crippen LogP contribution < -0.4 is 0 Å². The van der Waals surface area contributed by atoms with Crippen molar-refractivity contribution in [2.75, 3.05) is 0 Å². The third-order valence-corrected chi connectivity index (χ3v) is 0.793. The molecule has 11 heavy (non-hydrogen) atoms. The molecular formula is C7H10CuO3. The molecule has 0 rings (SSSR count). The van der Waals surface area contributed by atoms with Crippen molar-refractivity contribution in [3.8, 4) is 0 Å². The molecule has 0 atom stereocenters. The fourth-order valence-corrected chi connectivity index (χ4v) is 0.529. The summed E-state index contributed by atoms with van der Waals surface area (Å²) in [5.41, 5.74) is 0. The van der Waals surface area contributed by atoms with Crippen molar-refractivity contribution in [1.29, 1.82) is 0 Å². The molecule has 0 heterocycles. The number of allylic oxidation sites excluding steroid dienone is 2. The maximum atomic E-state index is 10.6. The van der Waals surface area contributed by atoms with Crippen molar-refractivity contribution >= 4 is 11.6 Å².